The van der Waals surface area contributed by atoms with Gasteiger partial charge in [0.25, 0.3) is 5.56 Å². The molecule has 0 saturated heterocycles. The number of ether oxygens (including phenoxy) is 2. The van der Waals surface area contributed by atoms with Crippen LogP contribution in [0.3, 0.4) is 0 Å². The summed E-state index contributed by atoms with van der Waals surface area (Å²) in [5.41, 5.74) is 1.29. The highest BCUT2D eigenvalue weighted by molar-refractivity contribution is 5.80. The van der Waals surface area contributed by atoms with Gasteiger partial charge in [-0.1, -0.05) is 6.07 Å². The van der Waals surface area contributed by atoms with Gasteiger partial charge < -0.3 is 9.47 Å². The van der Waals surface area contributed by atoms with Crippen LogP contribution in [0.1, 0.15) is 5.56 Å². The van der Waals surface area contributed by atoms with E-state index >= 15 is 0 Å². The predicted molar refractivity (Wildman–Crippen MR) is 86.9 cm³/mol. The molecule has 0 saturated carbocycles. The Morgan fingerprint density at radius 2 is 1.83 bits per heavy atom. The van der Waals surface area contributed by atoms with Gasteiger partial charge in [0.15, 0.2) is 11.5 Å². The zero-order chi connectivity index (χ0) is 17.3. The fourth-order valence-electron chi connectivity index (χ4n) is 2.61. The molecule has 24 heavy (non-hydrogen) atoms. The predicted octanol–water partition coefficient (Wildman–Crippen LogP) is 2.99. The summed E-state index contributed by atoms with van der Waals surface area (Å²) in [6.07, 6.45) is 1.07. The third-order valence-electron chi connectivity index (χ3n) is 3.75. The lowest BCUT2D eigenvalue weighted by molar-refractivity contribution is 0.355. The second-order valence-electron chi connectivity index (χ2n) is 5.06. The van der Waals surface area contributed by atoms with E-state index in [4.69, 9.17) is 9.47 Å². The lowest BCUT2D eigenvalue weighted by Crippen LogP contribution is -2.14. The second kappa shape index (κ2) is 6.05. The summed E-state index contributed by atoms with van der Waals surface area (Å²) in [4.78, 5) is 12.3. The summed E-state index contributed by atoms with van der Waals surface area (Å²) in [5.74, 6) is 0.477. The van der Waals surface area contributed by atoms with E-state index in [1.165, 1.54) is 32.4 Å². The van der Waals surface area contributed by atoms with Crippen LogP contribution in [-0.2, 0) is 0 Å². The molecule has 2 aromatic heterocycles. The highest BCUT2D eigenvalue weighted by atomic mass is 19.1. The summed E-state index contributed by atoms with van der Waals surface area (Å²) in [7, 11) is 3.03. The van der Waals surface area contributed by atoms with Crippen molar-refractivity contribution >= 4 is 5.52 Å². The first-order chi connectivity index (χ1) is 11.6. The Kier molecular flexibility index (Phi) is 3.92. The SMILES string of the molecule is COc1ccc(-c2cc(=O)n3cc(F)ccc3c2C#N)cc1OC. The molecular weight excluding hydrogens is 311 g/mol. The van der Waals surface area contributed by atoms with Crippen molar-refractivity contribution in [3.05, 3.63) is 64.3 Å². The number of fused-ring (bicyclic) bond motifs is 1. The first-order valence-electron chi connectivity index (χ1n) is 7.06. The molecule has 0 aliphatic carbocycles. The molecule has 0 atom stereocenters. The van der Waals surface area contributed by atoms with Crippen molar-refractivity contribution in [2.75, 3.05) is 14.2 Å². The Morgan fingerprint density at radius 1 is 1.08 bits per heavy atom. The summed E-state index contributed by atoms with van der Waals surface area (Å²) in [6, 6.07) is 11.2. The molecule has 120 valence electrons. The van der Waals surface area contributed by atoms with Crippen LogP contribution in [-0.4, -0.2) is 18.6 Å². The summed E-state index contributed by atoms with van der Waals surface area (Å²) in [6.45, 7) is 0. The molecule has 0 amide bonds. The smallest absolute Gasteiger partial charge is 0.255 e. The van der Waals surface area contributed by atoms with Crippen LogP contribution in [0.15, 0.2) is 47.4 Å². The van der Waals surface area contributed by atoms with Crippen molar-refractivity contribution < 1.29 is 13.9 Å². The molecule has 0 aliphatic rings. The fourth-order valence-corrected chi connectivity index (χ4v) is 2.61. The molecule has 2 heterocycles. The van der Waals surface area contributed by atoms with Gasteiger partial charge in [-0.2, -0.15) is 5.26 Å². The second-order valence-corrected chi connectivity index (χ2v) is 5.06. The van der Waals surface area contributed by atoms with E-state index in [9.17, 15) is 14.4 Å². The normalized spacial score (nSPS) is 10.4. The molecule has 0 N–H and O–H groups in total. The number of aromatic nitrogens is 1. The molecule has 3 aromatic rings. The van der Waals surface area contributed by atoms with E-state index in [0.717, 1.165) is 10.6 Å². The minimum atomic E-state index is -0.549. The molecule has 6 heteroatoms. The van der Waals surface area contributed by atoms with E-state index in [1.807, 2.05) is 0 Å². The van der Waals surface area contributed by atoms with E-state index in [0.29, 0.717) is 28.1 Å². The third-order valence-corrected chi connectivity index (χ3v) is 3.75. The number of nitrogens with zero attached hydrogens (tertiary/aromatic N) is 2. The highest BCUT2D eigenvalue weighted by Crippen LogP contribution is 2.33. The monoisotopic (exact) mass is 324 g/mol. The number of pyridine rings is 2. The van der Waals surface area contributed by atoms with E-state index < -0.39 is 11.4 Å². The van der Waals surface area contributed by atoms with Crippen LogP contribution in [0.5, 0.6) is 11.5 Å². The number of hydrogen-bond acceptors (Lipinski definition) is 4. The van der Waals surface area contributed by atoms with Crippen LogP contribution in [0.25, 0.3) is 16.6 Å². The zero-order valence-corrected chi connectivity index (χ0v) is 13.0. The maximum Gasteiger partial charge on any atom is 0.255 e. The van der Waals surface area contributed by atoms with Crippen molar-refractivity contribution in [3.8, 4) is 28.7 Å². The lowest BCUT2D eigenvalue weighted by Gasteiger charge is -2.12. The summed E-state index contributed by atoms with van der Waals surface area (Å²) >= 11 is 0. The fraction of sp³-hybridized carbons (Fsp3) is 0.111. The summed E-state index contributed by atoms with van der Waals surface area (Å²) in [5, 5.41) is 9.55. The quantitative estimate of drug-likeness (QED) is 0.743. The Morgan fingerprint density at radius 3 is 2.50 bits per heavy atom. The van der Waals surface area contributed by atoms with Gasteiger partial charge >= 0.3 is 0 Å². The van der Waals surface area contributed by atoms with Crippen LogP contribution in [0.2, 0.25) is 0 Å². The van der Waals surface area contributed by atoms with Gasteiger partial charge in [-0.05, 0) is 29.8 Å². The third kappa shape index (κ3) is 2.46. The average molecular weight is 324 g/mol. The van der Waals surface area contributed by atoms with Gasteiger partial charge in [0.05, 0.1) is 25.3 Å². The Balaban J connectivity index is 2.33. The van der Waals surface area contributed by atoms with Crippen LogP contribution in [0, 0.1) is 17.1 Å². The number of nitriles is 1. The molecule has 0 spiro atoms. The maximum absolute atomic E-state index is 13.4. The highest BCUT2D eigenvalue weighted by Gasteiger charge is 2.14. The first kappa shape index (κ1) is 15.6. The molecule has 0 fully saturated rings. The Hall–Kier alpha value is -3.33. The summed E-state index contributed by atoms with van der Waals surface area (Å²) < 4.78 is 25.0. The minimum absolute atomic E-state index is 0.279. The standard InChI is InChI=1S/C18H13FN2O3/c1-23-16-6-3-11(7-17(16)24-2)13-8-18(22)21-10-12(19)4-5-15(21)14(13)9-20/h3-8,10H,1-2H3. The van der Waals surface area contributed by atoms with Crippen molar-refractivity contribution in [2.24, 2.45) is 0 Å². The van der Waals surface area contributed by atoms with E-state index in [2.05, 4.69) is 6.07 Å². The van der Waals surface area contributed by atoms with Gasteiger partial charge in [0.1, 0.15) is 11.9 Å². The molecule has 0 radical (unpaired) electrons. The Bertz CT molecular complexity index is 1030. The van der Waals surface area contributed by atoms with Crippen molar-refractivity contribution in [1.29, 1.82) is 5.26 Å². The van der Waals surface area contributed by atoms with Crippen molar-refractivity contribution in [1.82, 2.24) is 4.40 Å². The van der Waals surface area contributed by atoms with Gasteiger partial charge in [-0.15, -0.1) is 0 Å². The van der Waals surface area contributed by atoms with Gasteiger partial charge in [-0.25, -0.2) is 4.39 Å². The van der Waals surface area contributed by atoms with Crippen LogP contribution >= 0.6 is 0 Å². The van der Waals surface area contributed by atoms with E-state index in [-0.39, 0.29) is 5.56 Å². The topological polar surface area (TPSA) is 63.7 Å². The lowest BCUT2D eigenvalue weighted by atomic mass is 9.99. The van der Waals surface area contributed by atoms with Gasteiger partial charge in [0.2, 0.25) is 0 Å². The van der Waals surface area contributed by atoms with Crippen molar-refractivity contribution in [3.63, 3.8) is 0 Å². The molecule has 0 aliphatic heterocycles. The average Bonchev–Trinajstić information content (AvgIpc) is 2.61. The largest absolute Gasteiger partial charge is 0.493 e. The molecule has 5 nitrogen and oxygen atoms in total. The molecule has 0 bridgehead atoms. The van der Waals surface area contributed by atoms with Crippen LogP contribution in [0.4, 0.5) is 4.39 Å². The Labute approximate surface area is 137 Å². The molecular formula is C18H13FN2O3. The van der Waals surface area contributed by atoms with Gasteiger partial charge in [-0.3, -0.25) is 9.20 Å². The molecule has 1 aromatic carbocycles. The minimum Gasteiger partial charge on any atom is -0.493 e. The first-order valence-corrected chi connectivity index (χ1v) is 7.06. The van der Waals surface area contributed by atoms with E-state index in [1.54, 1.807) is 18.2 Å². The number of rotatable bonds is 3. The number of halogens is 1. The zero-order valence-electron chi connectivity index (χ0n) is 13.0. The molecule has 0 unspecified atom stereocenters. The number of hydrogen-bond donors (Lipinski definition) is 0. The number of benzene rings is 1. The van der Waals surface area contributed by atoms with Crippen molar-refractivity contribution in [2.45, 2.75) is 0 Å². The maximum atomic E-state index is 13.4. The van der Waals surface area contributed by atoms with Crippen LogP contribution < -0.4 is 15.0 Å². The molecule has 3 rings (SSSR count). The number of methoxy groups -OCH3 is 2. The van der Waals surface area contributed by atoms with Gasteiger partial charge in [0, 0.05) is 17.8 Å².